The SMILES string of the molecule is CC(C)CC(=O)OCCNc1ccc([N+](=O)[O-])cn1. The van der Waals surface area contributed by atoms with Gasteiger partial charge in [-0.05, 0) is 12.0 Å². The number of anilines is 1. The van der Waals surface area contributed by atoms with Crippen molar-refractivity contribution in [2.45, 2.75) is 20.3 Å². The first-order valence-electron chi connectivity index (χ1n) is 5.99. The third-order valence-electron chi connectivity index (χ3n) is 2.20. The molecule has 1 heterocycles. The summed E-state index contributed by atoms with van der Waals surface area (Å²) < 4.78 is 5.00. The third-order valence-corrected chi connectivity index (χ3v) is 2.20. The van der Waals surface area contributed by atoms with E-state index in [2.05, 4.69) is 10.3 Å². The highest BCUT2D eigenvalue weighted by molar-refractivity contribution is 5.69. The molecule has 0 aliphatic carbocycles. The van der Waals surface area contributed by atoms with E-state index < -0.39 is 4.92 Å². The van der Waals surface area contributed by atoms with E-state index in [-0.39, 0.29) is 24.2 Å². The van der Waals surface area contributed by atoms with Crippen LogP contribution >= 0.6 is 0 Å². The first kappa shape index (κ1) is 14.9. The topological polar surface area (TPSA) is 94.4 Å². The number of hydrogen-bond donors (Lipinski definition) is 1. The summed E-state index contributed by atoms with van der Waals surface area (Å²) in [4.78, 5) is 25.0. The molecule has 0 aliphatic heterocycles. The zero-order valence-corrected chi connectivity index (χ0v) is 11.0. The maximum atomic E-state index is 11.2. The fourth-order valence-electron chi connectivity index (χ4n) is 1.33. The van der Waals surface area contributed by atoms with Gasteiger partial charge in [0.2, 0.25) is 0 Å². The van der Waals surface area contributed by atoms with E-state index in [1.807, 2.05) is 13.8 Å². The molecular weight excluding hydrogens is 250 g/mol. The average molecular weight is 267 g/mol. The van der Waals surface area contributed by atoms with Crippen molar-refractivity contribution in [1.29, 1.82) is 0 Å². The average Bonchev–Trinajstić information content (AvgIpc) is 2.34. The van der Waals surface area contributed by atoms with Crippen molar-refractivity contribution in [1.82, 2.24) is 4.98 Å². The highest BCUT2D eigenvalue weighted by atomic mass is 16.6. The summed E-state index contributed by atoms with van der Waals surface area (Å²) in [5.41, 5.74) is -0.0612. The molecule has 1 aromatic rings. The fraction of sp³-hybridized carbons (Fsp3) is 0.500. The summed E-state index contributed by atoms with van der Waals surface area (Å²) in [5, 5.41) is 13.3. The molecule has 1 aromatic heterocycles. The van der Waals surface area contributed by atoms with Crippen LogP contribution in [0.5, 0.6) is 0 Å². The van der Waals surface area contributed by atoms with Gasteiger partial charge in [-0.1, -0.05) is 13.8 Å². The normalized spacial score (nSPS) is 10.3. The lowest BCUT2D eigenvalue weighted by atomic mass is 10.1. The number of aromatic nitrogens is 1. The van der Waals surface area contributed by atoms with Gasteiger partial charge in [0, 0.05) is 12.5 Å². The summed E-state index contributed by atoms with van der Waals surface area (Å²) >= 11 is 0. The molecule has 0 fully saturated rings. The van der Waals surface area contributed by atoms with Gasteiger partial charge in [0.15, 0.2) is 0 Å². The molecule has 0 amide bonds. The Bertz CT molecular complexity index is 431. The number of rotatable bonds is 7. The van der Waals surface area contributed by atoms with Crippen LogP contribution in [0.2, 0.25) is 0 Å². The van der Waals surface area contributed by atoms with E-state index in [0.717, 1.165) is 0 Å². The van der Waals surface area contributed by atoms with Crippen molar-refractivity contribution in [2.24, 2.45) is 5.92 Å². The van der Waals surface area contributed by atoms with Crippen molar-refractivity contribution in [3.8, 4) is 0 Å². The van der Waals surface area contributed by atoms with Crippen molar-refractivity contribution in [3.63, 3.8) is 0 Å². The van der Waals surface area contributed by atoms with Crippen LogP contribution in [0.15, 0.2) is 18.3 Å². The molecule has 0 radical (unpaired) electrons. The monoisotopic (exact) mass is 267 g/mol. The molecule has 0 bridgehead atoms. The van der Waals surface area contributed by atoms with Gasteiger partial charge < -0.3 is 10.1 Å². The van der Waals surface area contributed by atoms with Gasteiger partial charge in [0.25, 0.3) is 5.69 Å². The largest absolute Gasteiger partial charge is 0.464 e. The molecule has 0 saturated heterocycles. The number of esters is 1. The molecule has 7 nitrogen and oxygen atoms in total. The van der Waals surface area contributed by atoms with Crippen LogP contribution in [0.4, 0.5) is 11.5 Å². The fourth-order valence-corrected chi connectivity index (χ4v) is 1.33. The highest BCUT2D eigenvalue weighted by Crippen LogP contribution is 2.11. The lowest BCUT2D eigenvalue weighted by Crippen LogP contribution is -2.15. The Kier molecular flexibility index (Phi) is 5.72. The molecule has 0 atom stereocenters. The third kappa shape index (κ3) is 5.80. The van der Waals surface area contributed by atoms with E-state index in [9.17, 15) is 14.9 Å². The molecule has 0 aliphatic rings. The van der Waals surface area contributed by atoms with E-state index in [1.165, 1.54) is 18.3 Å². The van der Waals surface area contributed by atoms with Gasteiger partial charge in [0.1, 0.15) is 18.6 Å². The molecule has 0 spiro atoms. The van der Waals surface area contributed by atoms with E-state index in [0.29, 0.717) is 18.8 Å². The Labute approximate surface area is 111 Å². The Morgan fingerprint density at radius 3 is 2.79 bits per heavy atom. The number of carbonyl (C=O) groups is 1. The summed E-state index contributed by atoms with van der Waals surface area (Å²) in [6.45, 7) is 4.54. The molecule has 19 heavy (non-hydrogen) atoms. The summed E-state index contributed by atoms with van der Waals surface area (Å²) in [5.74, 6) is 0.552. The molecule has 1 rings (SSSR count). The minimum atomic E-state index is -0.509. The minimum Gasteiger partial charge on any atom is -0.464 e. The van der Waals surface area contributed by atoms with Gasteiger partial charge in [-0.2, -0.15) is 0 Å². The van der Waals surface area contributed by atoms with Gasteiger partial charge in [-0.25, -0.2) is 4.98 Å². The second kappa shape index (κ2) is 7.30. The number of carbonyl (C=O) groups excluding carboxylic acids is 1. The molecule has 1 N–H and O–H groups in total. The second-order valence-corrected chi connectivity index (χ2v) is 4.40. The number of nitrogens with one attached hydrogen (secondary N) is 1. The van der Waals surface area contributed by atoms with Crippen LogP contribution in [0, 0.1) is 16.0 Å². The van der Waals surface area contributed by atoms with Crippen molar-refractivity contribution in [3.05, 3.63) is 28.4 Å². The van der Waals surface area contributed by atoms with Crippen LogP contribution < -0.4 is 5.32 Å². The van der Waals surface area contributed by atoms with E-state index >= 15 is 0 Å². The van der Waals surface area contributed by atoms with Crippen LogP contribution in [-0.4, -0.2) is 29.0 Å². The maximum absolute atomic E-state index is 11.2. The molecule has 0 unspecified atom stereocenters. The zero-order chi connectivity index (χ0) is 14.3. The summed E-state index contributed by atoms with van der Waals surface area (Å²) in [7, 11) is 0. The van der Waals surface area contributed by atoms with Gasteiger partial charge in [-0.3, -0.25) is 14.9 Å². The van der Waals surface area contributed by atoms with Crippen molar-refractivity contribution in [2.75, 3.05) is 18.5 Å². The zero-order valence-electron chi connectivity index (χ0n) is 11.0. The quantitative estimate of drug-likeness (QED) is 0.351. The number of nitro groups is 1. The minimum absolute atomic E-state index is 0.0612. The number of ether oxygens (including phenoxy) is 1. The predicted octanol–water partition coefficient (Wildman–Crippen LogP) is 1.99. The predicted molar refractivity (Wildman–Crippen MR) is 69.8 cm³/mol. The van der Waals surface area contributed by atoms with Gasteiger partial charge in [0.05, 0.1) is 11.5 Å². The van der Waals surface area contributed by atoms with Crippen molar-refractivity contribution >= 4 is 17.5 Å². The number of hydrogen-bond acceptors (Lipinski definition) is 6. The lowest BCUT2D eigenvalue weighted by molar-refractivity contribution is -0.385. The Morgan fingerprint density at radius 1 is 1.53 bits per heavy atom. The smallest absolute Gasteiger partial charge is 0.306 e. The molecular formula is C12H17N3O4. The summed E-state index contributed by atoms with van der Waals surface area (Å²) in [6, 6.07) is 2.87. The van der Waals surface area contributed by atoms with E-state index in [1.54, 1.807) is 0 Å². The van der Waals surface area contributed by atoms with Gasteiger partial charge in [-0.15, -0.1) is 0 Å². The van der Waals surface area contributed by atoms with Crippen molar-refractivity contribution < 1.29 is 14.5 Å². The van der Waals surface area contributed by atoms with Crippen LogP contribution in [-0.2, 0) is 9.53 Å². The summed E-state index contributed by atoms with van der Waals surface area (Å²) in [6.07, 6.45) is 1.57. The Balaban J connectivity index is 2.26. The Hall–Kier alpha value is -2.18. The maximum Gasteiger partial charge on any atom is 0.306 e. The van der Waals surface area contributed by atoms with Crippen LogP contribution in [0.3, 0.4) is 0 Å². The first-order valence-corrected chi connectivity index (χ1v) is 5.99. The highest BCUT2D eigenvalue weighted by Gasteiger charge is 2.06. The standard InChI is InChI=1S/C12H17N3O4/c1-9(2)7-12(16)19-6-5-13-11-4-3-10(8-14-11)15(17)18/h3-4,8-9H,5-7H2,1-2H3,(H,13,14). The van der Waals surface area contributed by atoms with Crippen LogP contribution in [0.25, 0.3) is 0 Å². The first-order chi connectivity index (χ1) is 8.99. The number of pyridine rings is 1. The van der Waals surface area contributed by atoms with Crippen LogP contribution in [0.1, 0.15) is 20.3 Å². The lowest BCUT2D eigenvalue weighted by Gasteiger charge is -2.08. The van der Waals surface area contributed by atoms with E-state index in [4.69, 9.17) is 4.74 Å². The number of nitrogens with zero attached hydrogens (tertiary/aromatic N) is 2. The van der Waals surface area contributed by atoms with Gasteiger partial charge >= 0.3 is 5.97 Å². The second-order valence-electron chi connectivity index (χ2n) is 4.40. The Morgan fingerprint density at radius 2 is 2.26 bits per heavy atom. The molecule has 0 aromatic carbocycles. The molecule has 7 heteroatoms. The molecule has 0 saturated carbocycles. The molecule has 104 valence electrons.